The van der Waals surface area contributed by atoms with Gasteiger partial charge in [0.2, 0.25) is 6.23 Å². The van der Waals surface area contributed by atoms with E-state index in [9.17, 15) is 14.4 Å². The molecular weight excluding hydrogens is 504 g/mol. The Kier molecular flexibility index (Phi) is 8.31. The maximum Gasteiger partial charge on any atom is 0.509 e. The van der Waals surface area contributed by atoms with Gasteiger partial charge in [-0.05, 0) is 23.6 Å². The first kappa shape index (κ1) is 26.7. The summed E-state index contributed by atoms with van der Waals surface area (Å²) in [5, 5.41) is 2.27. The summed E-state index contributed by atoms with van der Waals surface area (Å²) in [6, 6.07) is 18.7. The normalized spacial score (nSPS) is 19.9. The van der Waals surface area contributed by atoms with Crippen molar-refractivity contribution in [2.75, 3.05) is 5.32 Å². The van der Waals surface area contributed by atoms with Crippen LogP contribution in [0.1, 0.15) is 30.7 Å². The Bertz CT molecular complexity index is 1300. The molecule has 0 radical (unpaired) electrons. The lowest BCUT2D eigenvalue weighted by Crippen LogP contribution is -2.43. The van der Waals surface area contributed by atoms with E-state index in [4.69, 9.17) is 18.9 Å². The van der Waals surface area contributed by atoms with Crippen LogP contribution in [0.25, 0.3) is 0 Å². The molecule has 0 bridgehead atoms. The summed E-state index contributed by atoms with van der Waals surface area (Å²) in [5.74, 6) is -3.99. The van der Waals surface area contributed by atoms with E-state index >= 15 is 8.78 Å². The summed E-state index contributed by atoms with van der Waals surface area (Å²) >= 11 is 0. The number of nitrogens with zero attached hydrogens (tertiary/aromatic N) is 2. The number of aromatic nitrogens is 2. The molecule has 0 saturated carbocycles. The fourth-order valence-electron chi connectivity index (χ4n) is 3.81. The molecule has 0 aliphatic carbocycles. The topological polar surface area (TPSA) is 118 Å². The predicted octanol–water partition coefficient (Wildman–Crippen LogP) is 4.66. The summed E-state index contributed by atoms with van der Waals surface area (Å²) in [7, 11) is 0. The number of benzene rings is 2. The van der Waals surface area contributed by atoms with Crippen LogP contribution in [0.15, 0.2) is 77.7 Å². The highest BCUT2D eigenvalue weighted by atomic mass is 19.3. The molecule has 1 amide bonds. The van der Waals surface area contributed by atoms with E-state index in [2.05, 4.69) is 10.3 Å². The number of ether oxygens (including phenoxy) is 4. The Morgan fingerprint density at radius 2 is 1.61 bits per heavy atom. The van der Waals surface area contributed by atoms with Crippen molar-refractivity contribution in [1.82, 2.24) is 9.55 Å². The molecule has 3 aromatic rings. The molecule has 12 heteroatoms. The molecule has 2 aromatic carbocycles. The van der Waals surface area contributed by atoms with E-state index in [0.29, 0.717) is 10.1 Å². The van der Waals surface area contributed by atoms with E-state index in [0.717, 1.165) is 17.8 Å². The first-order chi connectivity index (χ1) is 18.3. The zero-order valence-electron chi connectivity index (χ0n) is 20.3. The van der Waals surface area contributed by atoms with Gasteiger partial charge >= 0.3 is 23.9 Å². The van der Waals surface area contributed by atoms with Crippen LogP contribution in [0.4, 0.5) is 24.2 Å². The number of hydrogen-bond acceptors (Lipinski definition) is 8. The van der Waals surface area contributed by atoms with Crippen LogP contribution < -0.4 is 11.0 Å². The Hall–Kier alpha value is -4.32. The molecule has 2 heterocycles. The van der Waals surface area contributed by atoms with Crippen molar-refractivity contribution in [2.24, 2.45) is 0 Å². The summed E-state index contributed by atoms with van der Waals surface area (Å²) in [6.07, 6.45) is -6.41. The minimum absolute atomic E-state index is 0.0144. The van der Waals surface area contributed by atoms with Crippen LogP contribution in [-0.4, -0.2) is 39.9 Å². The molecule has 3 atom stereocenters. The first-order valence-electron chi connectivity index (χ1n) is 11.8. The van der Waals surface area contributed by atoms with Crippen LogP contribution in [-0.2, 0) is 32.2 Å². The molecule has 1 aliphatic rings. The molecule has 1 fully saturated rings. The second-order valence-electron chi connectivity index (χ2n) is 8.36. The average molecular weight is 529 g/mol. The second-order valence-corrected chi connectivity index (χ2v) is 8.36. The van der Waals surface area contributed by atoms with Crippen LogP contribution in [0, 0.1) is 0 Å². The van der Waals surface area contributed by atoms with E-state index in [1.165, 1.54) is 0 Å². The van der Waals surface area contributed by atoms with Gasteiger partial charge < -0.3 is 18.9 Å². The summed E-state index contributed by atoms with van der Waals surface area (Å²) in [5.41, 5.74) is 0.287. The smallest absolute Gasteiger partial charge is 0.444 e. The number of alkyl halides is 2. The third-order valence-electron chi connectivity index (χ3n) is 5.70. The van der Waals surface area contributed by atoms with Crippen LogP contribution in [0.5, 0.6) is 0 Å². The van der Waals surface area contributed by atoms with Gasteiger partial charge in [-0.1, -0.05) is 67.6 Å². The van der Waals surface area contributed by atoms with Crippen molar-refractivity contribution in [3.8, 4) is 0 Å². The number of hydrogen-bond donors (Lipinski definition) is 1. The highest BCUT2D eigenvalue weighted by Crippen LogP contribution is 2.45. The Morgan fingerprint density at radius 1 is 1.00 bits per heavy atom. The van der Waals surface area contributed by atoms with Gasteiger partial charge in [-0.2, -0.15) is 13.8 Å². The number of carbonyl (C=O) groups is 2. The highest BCUT2D eigenvalue weighted by Gasteiger charge is 2.62. The molecular formula is C26H25F2N3O7. The van der Waals surface area contributed by atoms with E-state index in [1.54, 1.807) is 61.5 Å². The van der Waals surface area contributed by atoms with Crippen LogP contribution in [0.2, 0.25) is 0 Å². The summed E-state index contributed by atoms with van der Waals surface area (Å²) in [4.78, 5) is 40.4. The molecule has 1 N–H and O–H groups in total. The molecule has 10 nitrogen and oxygen atoms in total. The van der Waals surface area contributed by atoms with Gasteiger partial charge in [-0.3, -0.25) is 9.88 Å². The number of nitrogens with one attached hydrogen (secondary N) is 1. The Morgan fingerprint density at radius 3 is 2.18 bits per heavy atom. The lowest BCUT2D eigenvalue weighted by molar-refractivity contribution is -0.146. The number of amides is 1. The lowest BCUT2D eigenvalue weighted by atomic mass is 10.1. The Balaban J connectivity index is 1.40. The van der Waals surface area contributed by atoms with E-state index < -0.39 is 42.3 Å². The molecule has 4 rings (SSSR count). The van der Waals surface area contributed by atoms with E-state index in [1.807, 2.05) is 6.07 Å². The molecule has 1 unspecified atom stereocenters. The molecule has 200 valence electrons. The minimum atomic E-state index is -3.79. The van der Waals surface area contributed by atoms with Gasteiger partial charge in [0.25, 0.3) is 0 Å². The van der Waals surface area contributed by atoms with Gasteiger partial charge in [-0.25, -0.2) is 14.4 Å². The molecule has 1 saturated heterocycles. The zero-order valence-corrected chi connectivity index (χ0v) is 20.3. The summed E-state index contributed by atoms with van der Waals surface area (Å²) in [6.45, 7) is 1.40. The quantitative estimate of drug-likeness (QED) is 0.419. The molecule has 0 spiro atoms. The van der Waals surface area contributed by atoms with Crippen molar-refractivity contribution >= 4 is 18.1 Å². The number of carbonyl (C=O) groups excluding carboxylic acids is 2. The van der Waals surface area contributed by atoms with Crippen molar-refractivity contribution in [1.29, 1.82) is 0 Å². The lowest BCUT2D eigenvalue weighted by Gasteiger charge is -2.23. The van der Waals surface area contributed by atoms with Crippen molar-refractivity contribution in [2.45, 2.75) is 50.9 Å². The summed E-state index contributed by atoms with van der Waals surface area (Å²) < 4.78 is 51.6. The van der Waals surface area contributed by atoms with E-state index in [-0.39, 0.29) is 25.5 Å². The van der Waals surface area contributed by atoms with Crippen LogP contribution in [0.3, 0.4) is 0 Å². The largest absolute Gasteiger partial charge is 0.509 e. The fourth-order valence-corrected chi connectivity index (χ4v) is 3.81. The molecule has 1 aliphatic heterocycles. The standard InChI is InChI=1S/C26H25F2N3O7/c1-2-19-21(38-25(34)36-16-18-11-7-4-8-12-18)26(27,28)22(37-19)31-14-13-20(29-23(31)32)30-24(33)35-15-17-9-5-3-6-10-17/h3-14,19,21-22H,2,15-16H2,1H3,(H,29,30,32,33)/t19-,21?,22-/m1/s1. The predicted molar refractivity (Wildman–Crippen MR) is 129 cm³/mol. The number of rotatable bonds is 8. The van der Waals surface area contributed by atoms with Crippen LogP contribution >= 0.6 is 0 Å². The third kappa shape index (κ3) is 6.32. The SMILES string of the molecule is CC[C@H]1O[C@@H](n2ccc(NC(=O)OCc3ccccc3)nc2=O)C(F)(F)C1OC(=O)OCc1ccccc1. The average Bonchev–Trinajstić information content (AvgIpc) is 3.16. The highest BCUT2D eigenvalue weighted by molar-refractivity contribution is 5.83. The maximum atomic E-state index is 15.3. The van der Waals surface area contributed by atoms with Gasteiger partial charge in [0.15, 0.2) is 6.10 Å². The van der Waals surface area contributed by atoms with Gasteiger partial charge in [0.05, 0.1) is 0 Å². The molecule has 38 heavy (non-hydrogen) atoms. The second kappa shape index (κ2) is 11.8. The third-order valence-corrected chi connectivity index (χ3v) is 5.70. The number of halogens is 2. The minimum Gasteiger partial charge on any atom is -0.444 e. The van der Waals surface area contributed by atoms with Crippen molar-refractivity contribution in [3.63, 3.8) is 0 Å². The monoisotopic (exact) mass is 529 g/mol. The van der Waals surface area contributed by atoms with Gasteiger partial charge in [0, 0.05) is 6.20 Å². The number of anilines is 1. The van der Waals surface area contributed by atoms with Gasteiger partial charge in [-0.15, -0.1) is 0 Å². The van der Waals surface area contributed by atoms with Gasteiger partial charge in [0.1, 0.15) is 25.1 Å². The fraction of sp³-hybridized carbons (Fsp3) is 0.308. The first-order valence-corrected chi connectivity index (χ1v) is 11.8. The Labute approximate surface area is 216 Å². The van der Waals surface area contributed by atoms with Crippen molar-refractivity contribution < 1.29 is 37.3 Å². The van der Waals surface area contributed by atoms with Crippen molar-refractivity contribution in [3.05, 3.63) is 94.5 Å². The molecule has 1 aromatic heterocycles. The zero-order chi connectivity index (χ0) is 27.1. The maximum absolute atomic E-state index is 15.3.